The Bertz CT molecular complexity index is 681. The van der Waals surface area contributed by atoms with Gasteiger partial charge in [-0.15, -0.1) is 0 Å². The van der Waals surface area contributed by atoms with Gasteiger partial charge in [-0.3, -0.25) is 4.90 Å². The van der Waals surface area contributed by atoms with Crippen LogP contribution in [0.4, 0.5) is 13.2 Å². The molecule has 0 amide bonds. The SMILES string of the molecule is COc1cc(OC)c(CN2CCC3(CCNC3)C2)c(OC)c1.O=C(O)C(F)(F)F. The third-order valence-electron chi connectivity index (χ3n) is 5.29. The molecule has 1 atom stereocenters. The number of nitrogens with one attached hydrogen (secondary N) is 1. The predicted molar refractivity (Wildman–Crippen MR) is 99.6 cm³/mol. The summed E-state index contributed by atoms with van der Waals surface area (Å²) in [6.45, 7) is 5.46. The Kier molecular flexibility index (Phi) is 7.59. The van der Waals surface area contributed by atoms with Gasteiger partial charge in [0.05, 0.1) is 26.9 Å². The summed E-state index contributed by atoms with van der Waals surface area (Å²) in [6.07, 6.45) is -2.51. The van der Waals surface area contributed by atoms with Crippen molar-refractivity contribution in [2.24, 2.45) is 5.41 Å². The highest BCUT2D eigenvalue weighted by atomic mass is 19.4. The van der Waals surface area contributed by atoms with Gasteiger partial charge in [-0.25, -0.2) is 4.79 Å². The lowest BCUT2D eigenvalue weighted by atomic mass is 9.86. The minimum Gasteiger partial charge on any atom is -0.496 e. The first-order valence-electron chi connectivity index (χ1n) is 9.16. The number of likely N-dealkylation sites (tertiary alicyclic amines) is 1. The zero-order valence-corrected chi connectivity index (χ0v) is 16.8. The molecule has 2 aliphatic heterocycles. The average Bonchev–Trinajstić information content (AvgIpc) is 3.31. The zero-order chi connectivity index (χ0) is 21.7. The van der Waals surface area contributed by atoms with Crippen LogP contribution in [0.1, 0.15) is 18.4 Å². The number of carboxylic acids is 1. The minimum atomic E-state index is -5.08. The van der Waals surface area contributed by atoms with Gasteiger partial charge in [0.2, 0.25) is 0 Å². The first-order chi connectivity index (χ1) is 13.6. The van der Waals surface area contributed by atoms with Crippen molar-refractivity contribution in [1.29, 1.82) is 0 Å². The molecule has 164 valence electrons. The number of hydrogen-bond donors (Lipinski definition) is 2. The third kappa shape index (κ3) is 5.89. The number of rotatable bonds is 5. The van der Waals surface area contributed by atoms with E-state index in [1.807, 2.05) is 12.1 Å². The minimum absolute atomic E-state index is 0.479. The summed E-state index contributed by atoms with van der Waals surface area (Å²) < 4.78 is 48.2. The van der Waals surface area contributed by atoms with Crippen molar-refractivity contribution in [2.45, 2.75) is 25.6 Å². The van der Waals surface area contributed by atoms with E-state index in [0.29, 0.717) is 5.41 Å². The maximum absolute atomic E-state index is 10.6. The fourth-order valence-electron chi connectivity index (χ4n) is 3.76. The topological polar surface area (TPSA) is 80.3 Å². The molecule has 2 fully saturated rings. The number of carbonyl (C=O) groups is 1. The van der Waals surface area contributed by atoms with Crippen molar-refractivity contribution >= 4 is 5.97 Å². The molecule has 1 aromatic carbocycles. The molecule has 0 bridgehead atoms. The highest BCUT2D eigenvalue weighted by Gasteiger charge is 2.40. The average molecular weight is 420 g/mol. The Morgan fingerprint density at radius 1 is 1.17 bits per heavy atom. The molecule has 1 spiro atoms. The van der Waals surface area contributed by atoms with Crippen LogP contribution < -0.4 is 19.5 Å². The highest BCUT2D eigenvalue weighted by molar-refractivity contribution is 5.73. The molecule has 7 nitrogen and oxygen atoms in total. The van der Waals surface area contributed by atoms with E-state index in [4.69, 9.17) is 24.1 Å². The van der Waals surface area contributed by atoms with Crippen LogP contribution in [0.25, 0.3) is 0 Å². The lowest BCUT2D eigenvalue weighted by Crippen LogP contribution is -2.29. The molecule has 2 aliphatic rings. The second-order valence-electron chi connectivity index (χ2n) is 7.20. The number of alkyl halides is 3. The van der Waals surface area contributed by atoms with E-state index >= 15 is 0 Å². The normalized spacial score (nSPS) is 21.6. The number of aliphatic carboxylic acids is 1. The summed E-state index contributed by atoms with van der Waals surface area (Å²) in [4.78, 5) is 11.4. The van der Waals surface area contributed by atoms with E-state index in [1.54, 1.807) is 21.3 Å². The van der Waals surface area contributed by atoms with Crippen LogP contribution in [0.15, 0.2) is 12.1 Å². The molecule has 1 unspecified atom stereocenters. The summed E-state index contributed by atoms with van der Waals surface area (Å²) in [5.74, 6) is -0.328. The molecule has 1 aromatic rings. The van der Waals surface area contributed by atoms with Crippen LogP contribution in [0.2, 0.25) is 0 Å². The molecule has 2 saturated heterocycles. The quantitative estimate of drug-likeness (QED) is 0.758. The first kappa shape index (κ1) is 23.1. The summed E-state index contributed by atoms with van der Waals surface area (Å²) in [6, 6.07) is 3.86. The molecule has 2 heterocycles. The van der Waals surface area contributed by atoms with Gasteiger partial charge in [0.15, 0.2) is 0 Å². The van der Waals surface area contributed by atoms with E-state index < -0.39 is 12.1 Å². The van der Waals surface area contributed by atoms with Crippen LogP contribution in [-0.4, -0.2) is 69.7 Å². The third-order valence-corrected chi connectivity index (χ3v) is 5.29. The lowest BCUT2D eigenvalue weighted by Gasteiger charge is -2.24. The van der Waals surface area contributed by atoms with Gasteiger partial charge in [-0.1, -0.05) is 0 Å². The van der Waals surface area contributed by atoms with Gasteiger partial charge in [0.1, 0.15) is 17.2 Å². The monoisotopic (exact) mass is 420 g/mol. The molecule has 0 radical (unpaired) electrons. The Hall–Kier alpha value is -2.20. The van der Waals surface area contributed by atoms with Crippen LogP contribution >= 0.6 is 0 Å². The molecule has 10 heteroatoms. The smallest absolute Gasteiger partial charge is 0.490 e. The van der Waals surface area contributed by atoms with E-state index in [2.05, 4.69) is 10.2 Å². The number of methoxy groups -OCH3 is 3. The van der Waals surface area contributed by atoms with Crippen LogP contribution in [0.3, 0.4) is 0 Å². The van der Waals surface area contributed by atoms with Crippen molar-refractivity contribution in [2.75, 3.05) is 47.5 Å². The Morgan fingerprint density at radius 2 is 1.76 bits per heavy atom. The van der Waals surface area contributed by atoms with Crippen molar-refractivity contribution < 1.29 is 37.3 Å². The van der Waals surface area contributed by atoms with Crippen molar-refractivity contribution in [3.63, 3.8) is 0 Å². The molecule has 0 aromatic heterocycles. The van der Waals surface area contributed by atoms with E-state index in [-0.39, 0.29) is 0 Å². The fourth-order valence-corrected chi connectivity index (χ4v) is 3.76. The number of carboxylic acid groups (broad SMARTS) is 1. The second-order valence-corrected chi connectivity index (χ2v) is 7.20. The highest BCUT2D eigenvalue weighted by Crippen LogP contribution is 2.40. The molecule has 0 aliphatic carbocycles. The van der Waals surface area contributed by atoms with Crippen molar-refractivity contribution in [3.8, 4) is 17.2 Å². The molecular weight excluding hydrogens is 393 g/mol. The molecule has 2 N–H and O–H groups in total. The number of hydrogen-bond acceptors (Lipinski definition) is 6. The van der Waals surface area contributed by atoms with Gasteiger partial charge in [-0.05, 0) is 31.3 Å². The Balaban J connectivity index is 0.000000370. The standard InChI is InChI=1S/C17H26N2O3.C2HF3O2/c1-20-13-8-15(21-2)14(16(9-13)22-3)10-19-7-5-17(12-19)4-6-18-11-17;3-2(4,5)1(6)7/h8-9,18H,4-7,10-12H2,1-3H3;(H,6,7). The van der Waals surface area contributed by atoms with E-state index in [0.717, 1.165) is 55.5 Å². The maximum atomic E-state index is 10.6. The molecular formula is C19H27F3N2O5. The largest absolute Gasteiger partial charge is 0.496 e. The first-order valence-corrected chi connectivity index (χ1v) is 9.16. The lowest BCUT2D eigenvalue weighted by molar-refractivity contribution is -0.192. The fraction of sp³-hybridized carbons (Fsp3) is 0.632. The van der Waals surface area contributed by atoms with Crippen LogP contribution in [0.5, 0.6) is 17.2 Å². The van der Waals surface area contributed by atoms with E-state index in [1.165, 1.54) is 12.8 Å². The number of benzene rings is 1. The van der Waals surface area contributed by atoms with Gasteiger partial charge >= 0.3 is 12.1 Å². The second kappa shape index (κ2) is 9.53. The van der Waals surface area contributed by atoms with Gasteiger partial charge in [0.25, 0.3) is 0 Å². The van der Waals surface area contributed by atoms with Gasteiger partial charge in [-0.2, -0.15) is 13.2 Å². The van der Waals surface area contributed by atoms with Crippen molar-refractivity contribution in [3.05, 3.63) is 17.7 Å². The van der Waals surface area contributed by atoms with Gasteiger partial charge in [0, 0.05) is 31.8 Å². The summed E-state index contributed by atoms with van der Waals surface area (Å²) in [7, 11) is 5.05. The number of nitrogens with zero attached hydrogens (tertiary/aromatic N) is 1. The Morgan fingerprint density at radius 3 is 2.17 bits per heavy atom. The molecule has 0 saturated carbocycles. The predicted octanol–water partition coefficient (Wildman–Crippen LogP) is 2.53. The van der Waals surface area contributed by atoms with Crippen molar-refractivity contribution in [1.82, 2.24) is 10.2 Å². The van der Waals surface area contributed by atoms with E-state index in [9.17, 15) is 13.2 Å². The number of halogens is 3. The van der Waals surface area contributed by atoms with Crippen LogP contribution in [0, 0.1) is 5.41 Å². The van der Waals surface area contributed by atoms with Crippen LogP contribution in [-0.2, 0) is 11.3 Å². The zero-order valence-electron chi connectivity index (χ0n) is 16.8. The summed E-state index contributed by atoms with van der Waals surface area (Å²) in [5, 5.41) is 10.6. The van der Waals surface area contributed by atoms with Gasteiger partial charge < -0.3 is 24.6 Å². The summed E-state index contributed by atoms with van der Waals surface area (Å²) in [5.41, 5.74) is 1.58. The Labute approximate surface area is 167 Å². The number of ether oxygens (including phenoxy) is 3. The molecule has 3 rings (SSSR count). The maximum Gasteiger partial charge on any atom is 0.490 e. The molecule has 29 heavy (non-hydrogen) atoms. The summed E-state index contributed by atoms with van der Waals surface area (Å²) >= 11 is 0.